The van der Waals surface area contributed by atoms with Gasteiger partial charge in [0.15, 0.2) is 5.78 Å². The molecule has 1 aliphatic rings. The molecule has 0 heterocycles. The molecule has 0 amide bonds. The number of sulfonamides is 1. The Bertz CT molecular complexity index is 607. The van der Waals surface area contributed by atoms with Crippen molar-refractivity contribution in [2.75, 3.05) is 0 Å². The van der Waals surface area contributed by atoms with Crippen LogP contribution in [0.5, 0.6) is 0 Å². The summed E-state index contributed by atoms with van der Waals surface area (Å²) in [4.78, 5) is 11.4. The van der Waals surface area contributed by atoms with Crippen LogP contribution in [0.15, 0.2) is 29.2 Å². The first kappa shape index (κ1) is 16.2. The molecule has 1 saturated carbocycles. The van der Waals surface area contributed by atoms with Gasteiger partial charge in [-0.05, 0) is 50.2 Å². The molecule has 0 atom stereocenters. The third-order valence-corrected chi connectivity index (χ3v) is 5.77. The Kier molecular flexibility index (Phi) is 4.54. The summed E-state index contributed by atoms with van der Waals surface area (Å²) in [5.74, 6) is -0.0681. The van der Waals surface area contributed by atoms with E-state index in [1.807, 2.05) is 0 Å². The van der Waals surface area contributed by atoms with Gasteiger partial charge >= 0.3 is 0 Å². The fourth-order valence-electron chi connectivity index (χ4n) is 2.67. The lowest BCUT2D eigenvalue weighted by Crippen LogP contribution is -2.39. The second-order valence-corrected chi connectivity index (χ2v) is 8.35. The topological polar surface area (TPSA) is 63.2 Å². The van der Waals surface area contributed by atoms with Gasteiger partial charge in [-0.2, -0.15) is 0 Å². The van der Waals surface area contributed by atoms with Crippen molar-refractivity contribution in [1.29, 1.82) is 0 Å². The number of nitrogens with one attached hydrogen (secondary N) is 1. The SMILES string of the molecule is CC(=O)c1ccc(S(=O)(=O)NC2CCC(C)(C)CC2)cc1. The van der Waals surface area contributed by atoms with E-state index < -0.39 is 10.0 Å². The second kappa shape index (κ2) is 5.89. The predicted molar refractivity (Wildman–Crippen MR) is 82.8 cm³/mol. The summed E-state index contributed by atoms with van der Waals surface area (Å²) in [6.07, 6.45) is 3.81. The van der Waals surface area contributed by atoms with Crippen LogP contribution in [-0.2, 0) is 10.0 Å². The van der Waals surface area contributed by atoms with Gasteiger partial charge in [-0.15, -0.1) is 0 Å². The standard InChI is InChI=1S/C16H23NO3S/c1-12(18)13-4-6-15(7-5-13)21(19,20)17-14-8-10-16(2,3)11-9-14/h4-7,14,17H,8-11H2,1-3H3. The maximum atomic E-state index is 12.3. The van der Waals surface area contributed by atoms with Crippen LogP contribution in [0.4, 0.5) is 0 Å². The minimum absolute atomic E-state index is 0.00973. The van der Waals surface area contributed by atoms with E-state index in [1.165, 1.54) is 19.1 Å². The molecule has 2 rings (SSSR count). The smallest absolute Gasteiger partial charge is 0.240 e. The Morgan fingerprint density at radius 3 is 2.14 bits per heavy atom. The first-order valence-electron chi connectivity index (χ1n) is 7.33. The highest BCUT2D eigenvalue weighted by atomic mass is 32.2. The number of hydrogen-bond donors (Lipinski definition) is 1. The molecule has 0 aromatic heterocycles. The van der Waals surface area contributed by atoms with Gasteiger partial charge in [0, 0.05) is 11.6 Å². The quantitative estimate of drug-likeness (QED) is 0.869. The molecule has 0 unspecified atom stereocenters. The molecule has 21 heavy (non-hydrogen) atoms. The van der Waals surface area contributed by atoms with Crippen LogP contribution in [0.2, 0.25) is 0 Å². The first-order chi connectivity index (χ1) is 9.70. The van der Waals surface area contributed by atoms with Crippen LogP contribution < -0.4 is 4.72 Å². The highest BCUT2D eigenvalue weighted by Gasteiger charge is 2.29. The number of carbonyl (C=O) groups excluding carboxylic acids is 1. The van der Waals surface area contributed by atoms with Crippen molar-refractivity contribution in [3.8, 4) is 0 Å². The molecule has 1 aromatic carbocycles. The molecule has 1 aliphatic carbocycles. The molecular weight excluding hydrogens is 286 g/mol. The first-order valence-corrected chi connectivity index (χ1v) is 8.81. The maximum Gasteiger partial charge on any atom is 0.240 e. The van der Waals surface area contributed by atoms with Crippen molar-refractivity contribution in [3.05, 3.63) is 29.8 Å². The van der Waals surface area contributed by atoms with Crippen molar-refractivity contribution in [3.63, 3.8) is 0 Å². The molecule has 0 bridgehead atoms. The minimum Gasteiger partial charge on any atom is -0.295 e. The van der Waals surface area contributed by atoms with Crippen LogP contribution in [0.1, 0.15) is 56.8 Å². The van der Waals surface area contributed by atoms with Crippen molar-refractivity contribution in [2.45, 2.75) is 57.4 Å². The predicted octanol–water partition coefficient (Wildman–Crippen LogP) is 3.14. The van der Waals surface area contributed by atoms with Gasteiger partial charge in [0.1, 0.15) is 0 Å². The van der Waals surface area contributed by atoms with E-state index >= 15 is 0 Å². The van der Waals surface area contributed by atoms with Crippen molar-refractivity contribution >= 4 is 15.8 Å². The zero-order valence-electron chi connectivity index (χ0n) is 12.8. The molecule has 0 aliphatic heterocycles. The Hall–Kier alpha value is -1.20. The van der Waals surface area contributed by atoms with E-state index in [4.69, 9.17) is 0 Å². The fraction of sp³-hybridized carbons (Fsp3) is 0.562. The number of carbonyl (C=O) groups is 1. The van der Waals surface area contributed by atoms with Gasteiger partial charge in [0.25, 0.3) is 0 Å². The number of hydrogen-bond acceptors (Lipinski definition) is 3. The summed E-state index contributed by atoms with van der Waals surface area (Å²) < 4.78 is 27.5. The number of ketones is 1. The Morgan fingerprint density at radius 1 is 1.14 bits per heavy atom. The van der Waals surface area contributed by atoms with Gasteiger partial charge in [-0.25, -0.2) is 13.1 Å². The maximum absolute atomic E-state index is 12.3. The molecule has 0 radical (unpaired) electrons. The molecule has 0 spiro atoms. The largest absolute Gasteiger partial charge is 0.295 e. The lowest BCUT2D eigenvalue weighted by molar-refractivity contribution is 0.101. The zero-order chi connectivity index (χ0) is 15.7. The molecule has 116 valence electrons. The fourth-order valence-corrected chi connectivity index (χ4v) is 3.98. The molecule has 1 N–H and O–H groups in total. The lowest BCUT2D eigenvalue weighted by Gasteiger charge is -2.34. The monoisotopic (exact) mass is 309 g/mol. The number of Topliss-reactive ketones (excluding diaryl/α,β-unsaturated/α-hetero) is 1. The van der Waals surface area contributed by atoms with Crippen molar-refractivity contribution < 1.29 is 13.2 Å². The van der Waals surface area contributed by atoms with Gasteiger partial charge in [-0.1, -0.05) is 26.0 Å². The van der Waals surface area contributed by atoms with Crippen molar-refractivity contribution in [1.82, 2.24) is 4.72 Å². The van der Waals surface area contributed by atoms with Gasteiger partial charge in [0.05, 0.1) is 4.90 Å². The minimum atomic E-state index is -3.50. The summed E-state index contributed by atoms with van der Waals surface area (Å²) in [5, 5.41) is 0. The van der Waals surface area contributed by atoms with Crippen LogP contribution in [0.25, 0.3) is 0 Å². The average Bonchev–Trinajstić information content (AvgIpc) is 2.41. The van der Waals surface area contributed by atoms with Crippen LogP contribution >= 0.6 is 0 Å². The normalized spacial score (nSPS) is 19.4. The highest BCUT2D eigenvalue weighted by Crippen LogP contribution is 2.35. The Balaban J connectivity index is 2.07. The molecule has 5 heteroatoms. The lowest BCUT2D eigenvalue weighted by atomic mass is 9.76. The Labute approximate surface area is 127 Å². The van der Waals surface area contributed by atoms with Crippen LogP contribution in [0, 0.1) is 5.41 Å². The average molecular weight is 309 g/mol. The van der Waals surface area contributed by atoms with E-state index in [0.717, 1.165) is 25.7 Å². The van der Waals surface area contributed by atoms with E-state index in [1.54, 1.807) is 12.1 Å². The summed E-state index contributed by atoms with van der Waals surface area (Å²) in [5.41, 5.74) is 0.832. The zero-order valence-corrected chi connectivity index (χ0v) is 13.7. The van der Waals surface area contributed by atoms with E-state index in [0.29, 0.717) is 11.0 Å². The van der Waals surface area contributed by atoms with Gasteiger partial charge < -0.3 is 0 Å². The van der Waals surface area contributed by atoms with Crippen molar-refractivity contribution in [2.24, 2.45) is 5.41 Å². The number of benzene rings is 1. The molecule has 0 saturated heterocycles. The molecular formula is C16H23NO3S. The summed E-state index contributed by atoms with van der Waals surface area (Å²) in [7, 11) is -3.50. The van der Waals surface area contributed by atoms with Crippen LogP contribution in [0.3, 0.4) is 0 Å². The van der Waals surface area contributed by atoms with E-state index in [-0.39, 0.29) is 16.7 Å². The van der Waals surface area contributed by atoms with E-state index in [9.17, 15) is 13.2 Å². The summed E-state index contributed by atoms with van der Waals surface area (Å²) in [6, 6.07) is 6.11. The number of rotatable bonds is 4. The van der Waals surface area contributed by atoms with Gasteiger partial charge in [-0.3, -0.25) is 4.79 Å². The second-order valence-electron chi connectivity index (χ2n) is 6.64. The summed E-state index contributed by atoms with van der Waals surface area (Å²) >= 11 is 0. The Morgan fingerprint density at radius 2 is 1.67 bits per heavy atom. The highest BCUT2D eigenvalue weighted by molar-refractivity contribution is 7.89. The third-order valence-electron chi connectivity index (χ3n) is 4.23. The molecule has 4 nitrogen and oxygen atoms in total. The van der Waals surface area contributed by atoms with Gasteiger partial charge in [0.2, 0.25) is 10.0 Å². The molecule has 1 aromatic rings. The van der Waals surface area contributed by atoms with E-state index in [2.05, 4.69) is 18.6 Å². The molecule has 1 fully saturated rings. The van der Waals surface area contributed by atoms with Crippen LogP contribution in [-0.4, -0.2) is 20.2 Å². The summed E-state index contributed by atoms with van der Waals surface area (Å²) in [6.45, 7) is 5.90. The third kappa shape index (κ3) is 4.14.